The van der Waals surface area contributed by atoms with Crippen molar-refractivity contribution in [3.05, 3.63) is 40.0 Å². The van der Waals surface area contributed by atoms with Gasteiger partial charge in [-0.1, -0.05) is 25.6 Å². The maximum absolute atomic E-state index is 7.00. The number of benzene rings is 1. The molecule has 7 aliphatic heterocycles. The topological polar surface area (TPSA) is 73.8 Å². The van der Waals surface area contributed by atoms with Crippen LogP contribution in [0.4, 0.5) is 0 Å². The Balaban J connectivity index is 1.23. The van der Waals surface area contributed by atoms with Gasteiger partial charge >= 0.3 is 0 Å². The summed E-state index contributed by atoms with van der Waals surface area (Å²) >= 11 is 8.95. The van der Waals surface area contributed by atoms with Crippen molar-refractivity contribution in [2.24, 2.45) is 0 Å². The van der Waals surface area contributed by atoms with Crippen molar-refractivity contribution in [1.82, 2.24) is 0 Å². The fourth-order valence-electron chi connectivity index (χ4n) is 7.09. The Labute approximate surface area is 241 Å². The van der Waals surface area contributed by atoms with Crippen LogP contribution in [-0.4, -0.2) is 72.9 Å². The lowest BCUT2D eigenvalue weighted by Crippen LogP contribution is -2.62. The van der Waals surface area contributed by atoms with Crippen LogP contribution in [0, 0.1) is 0 Å². The molecule has 208 valence electrons. The van der Waals surface area contributed by atoms with E-state index in [0.29, 0.717) is 19.3 Å². The minimum atomic E-state index is -1.14. The van der Waals surface area contributed by atoms with Gasteiger partial charge in [-0.3, -0.25) is 0 Å². The number of hydrogen-bond acceptors (Lipinski definition) is 8. The van der Waals surface area contributed by atoms with Crippen molar-refractivity contribution in [3.8, 4) is 5.75 Å². The van der Waals surface area contributed by atoms with Crippen LogP contribution in [0.25, 0.3) is 0 Å². The second kappa shape index (κ2) is 9.80. The van der Waals surface area contributed by atoms with Gasteiger partial charge in [0, 0.05) is 17.4 Å². The van der Waals surface area contributed by atoms with Crippen LogP contribution in [0.2, 0.25) is 0 Å². The molecule has 1 spiro atoms. The first-order chi connectivity index (χ1) is 18.4. The molecule has 2 unspecified atom stereocenters. The minimum Gasteiger partial charge on any atom is -0.497 e. The highest BCUT2D eigenvalue weighted by Crippen LogP contribution is 2.64. The van der Waals surface area contributed by atoms with Crippen molar-refractivity contribution in [2.45, 2.75) is 118 Å². The summed E-state index contributed by atoms with van der Waals surface area (Å²) in [4.78, 5) is 0. The summed E-state index contributed by atoms with van der Waals surface area (Å²) in [5.41, 5.74) is 0.873. The summed E-state index contributed by atoms with van der Waals surface area (Å²) in [5, 5.41) is -0.103. The maximum Gasteiger partial charge on any atom is 0.233 e. The monoisotopic (exact) mass is 660 g/mol. The second-order valence-corrected chi connectivity index (χ2v) is 13.3. The van der Waals surface area contributed by atoms with Crippen molar-refractivity contribution >= 4 is 34.2 Å². The molecule has 0 aliphatic carbocycles. The number of alkyl halides is 1. The Morgan fingerprint density at radius 3 is 2.58 bits per heavy atom. The molecule has 7 aliphatic rings. The largest absolute Gasteiger partial charge is 0.497 e. The summed E-state index contributed by atoms with van der Waals surface area (Å²) in [7, 11) is 1.65. The van der Waals surface area contributed by atoms with E-state index in [9.17, 15) is 0 Å². The van der Waals surface area contributed by atoms with E-state index in [-0.39, 0.29) is 42.0 Å². The Hall–Kier alpha value is -0.500. The molecule has 0 aromatic heterocycles. The van der Waals surface area contributed by atoms with Gasteiger partial charge in [0.05, 0.1) is 19.3 Å². The van der Waals surface area contributed by atoms with Crippen LogP contribution in [0.1, 0.15) is 57.3 Å². The highest BCUT2D eigenvalue weighted by Gasteiger charge is 2.83. The molecular formula is C28H34ClIO8. The van der Waals surface area contributed by atoms with Gasteiger partial charge in [-0.15, -0.1) is 11.6 Å². The predicted octanol–water partition coefficient (Wildman–Crippen LogP) is 5.15. The molecule has 7 fully saturated rings. The fourth-order valence-corrected chi connectivity index (χ4v) is 8.18. The molecule has 10 heteroatoms. The lowest BCUT2D eigenvalue weighted by Gasteiger charge is -2.47. The molecule has 1 aromatic carbocycles. The Morgan fingerprint density at radius 2 is 1.84 bits per heavy atom. The van der Waals surface area contributed by atoms with Gasteiger partial charge in [0.15, 0.2) is 12.4 Å². The Morgan fingerprint density at radius 1 is 1.05 bits per heavy atom. The van der Waals surface area contributed by atoms with E-state index in [1.807, 2.05) is 24.3 Å². The summed E-state index contributed by atoms with van der Waals surface area (Å²) in [6, 6.07) is 7.68. The van der Waals surface area contributed by atoms with Crippen molar-refractivity contribution in [2.75, 3.05) is 7.11 Å². The molecule has 8 rings (SSSR count). The molecule has 0 saturated carbocycles. The average molecular weight is 661 g/mol. The van der Waals surface area contributed by atoms with Gasteiger partial charge in [-0.25, -0.2) is 0 Å². The number of hydrogen-bond donors (Lipinski definition) is 0. The fraction of sp³-hybridized carbons (Fsp3) is 0.714. The third-order valence-corrected chi connectivity index (χ3v) is 9.69. The predicted molar refractivity (Wildman–Crippen MR) is 145 cm³/mol. The third kappa shape index (κ3) is 4.02. The number of fused-ring (bicyclic) bond motifs is 1. The van der Waals surface area contributed by atoms with Crippen LogP contribution in [-0.2, 0) is 33.2 Å². The first-order valence-corrected chi connectivity index (χ1v) is 15.2. The zero-order valence-electron chi connectivity index (χ0n) is 21.6. The molecule has 1 aromatic rings. The zero-order valence-corrected chi connectivity index (χ0v) is 24.5. The van der Waals surface area contributed by atoms with Gasteiger partial charge in [-0.2, -0.15) is 0 Å². The van der Waals surface area contributed by atoms with E-state index in [2.05, 4.69) is 36.1 Å². The number of rotatable bonds is 8. The van der Waals surface area contributed by atoms with E-state index in [1.165, 1.54) is 0 Å². The SMILES string of the molecule is C=C(I)C[C@H](Cl)CC[C@]12O[C@H]3[C@H]4O[C@@H](CC)CC[C@@H]4OC4[C@H]3OC3(O[C@@H](c5ccc(OC)cc5)O[C@H]31)[C@H]4O2. The van der Waals surface area contributed by atoms with E-state index in [1.54, 1.807) is 7.11 Å². The van der Waals surface area contributed by atoms with E-state index >= 15 is 0 Å². The zero-order chi connectivity index (χ0) is 26.2. The number of ether oxygens (including phenoxy) is 8. The van der Waals surface area contributed by atoms with Gasteiger partial charge in [0.25, 0.3) is 0 Å². The molecule has 12 atom stereocenters. The third-order valence-electron chi connectivity index (χ3n) is 8.88. The number of methoxy groups -OCH3 is 1. The first kappa shape index (κ1) is 26.4. The highest BCUT2D eigenvalue weighted by atomic mass is 127. The van der Waals surface area contributed by atoms with E-state index in [0.717, 1.165) is 34.2 Å². The number of halogens is 2. The standard InChI is InChI=1S/C28H34ClIO8/c1-4-17-9-10-19-20(32-17)21-22-23(33-19)24-28(36-22)26(27(35-21,37-24)12-11-16(29)13-14(2)30)34-25(38-28)15-5-7-18(31-3)8-6-15/h5-8,16-17,19-26H,2,4,9-13H2,1,3H3/t16-,17+,19+,20+,21+,22+,23?,24+,25+,26+,27-,28?/m1/s1. The van der Waals surface area contributed by atoms with Gasteiger partial charge < -0.3 is 37.9 Å². The van der Waals surface area contributed by atoms with Crippen LogP contribution in [0.3, 0.4) is 0 Å². The molecule has 7 saturated heterocycles. The maximum atomic E-state index is 7.00. The Kier molecular flexibility index (Phi) is 6.81. The van der Waals surface area contributed by atoms with Crippen molar-refractivity contribution in [1.29, 1.82) is 0 Å². The smallest absolute Gasteiger partial charge is 0.233 e. The quantitative estimate of drug-likeness (QED) is 0.280. The lowest BCUT2D eigenvalue weighted by molar-refractivity contribution is -0.328. The van der Waals surface area contributed by atoms with E-state index in [4.69, 9.17) is 49.5 Å². The molecule has 38 heavy (non-hydrogen) atoms. The first-order valence-electron chi connectivity index (χ1n) is 13.6. The summed E-state index contributed by atoms with van der Waals surface area (Å²) in [6.45, 7) is 6.17. The molecule has 0 radical (unpaired) electrons. The van der Waals surface area contributed by atoms with Crippen molar-refractivity contribution in [3.63, 3.8) is 0 Å². The summed E-state index contributed by atoms with van der Waals surface area (Å²) in [6.07, 6.45) is 1.86. The van der Waals surface area contributed by atoms with Crippen molar-refractivity contribution < 1.29 is 37.9 Å². The van der Waals surface area contributed by atoms with Gasteiger partial charge in [0.2, 0.25) is 11.6 Å². The molecular weight excluding hydrogens is 627 g/mol. The summed E-state index contributed by atoms with van der Waals surface area (Å²) < 4.78 is 53.5. The van der Waals surface area contributed by atoms with E-state index < -0.39 is 30.1 Å². The Bertz CT molecular complexity index is 1070. The lowest BCUT2D eigenvalue weighted by atomic mass is 9.86. The van der Waals surface area contributed by atoms with Crippen LogP contribution < -0.4 is 4.74 Å². The highest BCUT2D eigenvalue weighted by molar-refractivity contribution is 14.1. The molecule has 0 amide bonds. The molecule has 6 bridgehead atoms. The minimum absolute atomic E-state index is 0.0657. The molecule has 8 nitrogen and oxygen atoms in total. The normalized spacial score (nSPS) is 46.9. The van der Waals surface area contributed by atoms with Crippen LogP contribution in [0.15, 0.2) is 34.4 Å². The van der Waals surface area contributed by atoms with Crippen LogP contribution in [0.5, 0.6) is 5.75 Å². The van der Waals surface area contributed by atoms with Crippen LogP contribution >= 0.6 is 34.2 Å². The second-order valence-electron chi connectivity index (χ2n) is 11.2. The summed E-state index contributed by atoms with van der Waals surface area (Å²) in [5.74, 6) is -1.47. The number of allylic oxidation sites excluding steroid dienone is 1. The van der Waals surface area contributed by atoms with Gasteiger partial charge in [-0.05, 0) is 70.4 Å². The van der Waals surface area contributed by atoms with Gasteiger partial charge in [0.1, 0.15) is 36.3 Å². The molecule has 0 N–H and O–H groups in total. The molecule has 7 heterocycles. The average Bonchev–Trinajstić information content (AvgIpc) is 3.46.